The highest BCUT2D eigenvalue weighted by atomic mass is 32.1. The Morgan fingerprint density at radius 2 is 1.88 bits per heavy atom. The number of carbonyl (C=O) groups is 2. The van der Waals surface area contributed by atoms with Crippen molar-refractivity contribution < 1.29 is 19.1 Å². The highest BCUT2D eigenvalue weighted by Gasteiger charge is 2.26. The van der Waals surface area contributed by atoms with Crippen molar-refractivity contribution in [2.24, 2.45) is 0 Å². The number of hydrogen-bond donors (Lipinski definition) is 1. The number of methoxy groups -OCH3 is 2. The van der Waals surface area contributed by atoms with Gasteiger partial charge >= 0.3 is 5.97 Å². The van der Waals surface area contributed by atoms with Crippen LogP contribution in [0.1, 0.15) is 45.6 Å². The van der Waals surface area contributed by atoms with E-state index in [1.807, 2.05) is 24.3 Å². The van der Waals surface area contributed by atoms with Gasteiger partial charge in [-0.05, 0) is 37.3 Å². The van der Waals surface area contributed by atoms with Gasteiger partial charge in [0.2, 0.25) is 5.91 Å². The van der Waals surface area contributed by atoms with Gasteiger partial charge in [-0.1, -0.05) is 24.6 Å². The Hall–Kier alpha value is -2.34. The molecule has 0 radical (unpaired) electrons. The lowest BCUT2D eigenvalue weighted by Gasteiger charge is -2.09. The predicted octanol–water partition coefficient (Wildman–Crippen LogP) is 3.99. The highest BCUT2D eigenvalue weighted by Crippen LogP contribution is 2.38. The third-order valence-corrected chi connectivity index (χ3v) is 5.81. The van der Waals surface area contributed by atoms with Crippen molar-refractivity contribution in [3.63, 3.8) is 0 Å². The molecule has 1 aliphatic rings. The Morgan fingerprint density at radius 1 is 1.12 bits per heavy atom. The van der Waals surface area contributed by atoms with Crippen molar-refractivity contribution in [2.45, 2.75) is 38.5 Å². The monoisotopic (exact) mass is 373 g/mol. The third-order valence-electron chi connectivity index (χ3n) is 4.61. The normalized spacial score (nSPS) is 13.5. The van der Waals surface area contributed by atoms with Gasteiger partial charge in [0.15, 0.2) is 0 Å². The maximum Gasteiger partial charge on any atom is 0.341 e. The molecule has 0 aliphatic heterocycles. The van der Waals surface area contributed by atoms with Crippen molar-refractivity contribution in [3.8, 4) is 5.75 Å². The Morgan fingerprint density at radius 3 is 2.65 bits per heavy atom. The van der Waals surface area contributed by atoms with Crippen LogP contribution in [0.4, 0.5) is 5.00 Å². The lowest BCUT2D eigenvalue weighted by molar-refractivity contribution is -0.115. The quantitative estimate of drug-likeness (QED) is 0.636. The number of ether oxygens (including phenoxy) is 2. The van der Waals surface area contributed by atoms with Crippen LogP contribution in [0.3, 0.4) is 0 Å². The van der Waals surface area contributed by atoms with E-state index in [0.29, 0.717) is 16.3 Å². The second-order valence-electron chi connectivity index (χ2n) is 6.30. The molecule has 1 N–H and O–H groups in total. The van der Waals surface area contributed by atoms with Crippen LogP contribution < -0.4 is 10.1 Å². The first-order valence-electron chi connectivity index (χ1n) is 8.78. The maximum absolute atomic E-state index is 12.6. The van der Waals surface area contributed by atoms with E-state index in [9.17, 15) is 9.59 Å². The number of benzene rings is 1. The smallest absolute Gasteiger partial charge is 0.341 e. The first-order chi connectivity index (χ1) is 12.6. The molecule has 1 amide bonds. The topological polar surface area (TPSA) is 64.6 Å². The van der Waals surface area contributed by atoms with E-state index >= 15 is 0 Å². The molecule has 0 atom stereocenters. The summed E-state index contributed by atoms with van der Waals surface area (Å²) in [6.45, 7) is 0. The van der Waals surface area contributed by atoms with E-state index in [1.54, 1.807) is 7.11 Å². The molecule has 6 heteroatoms. The van der Waals surface area contributed by atoms with Crippen molar-refractivity contribution in [2.75, 3.05) is 19.5 Å². The number of nitrogens with one attached hydrogen (secondary N) is 1. The molecule has 26 heavy (non-hydrogen) atoms. The zero-order valence-electron chi connectivity index (χ0n) is 15.1. The summed E-state index contributed by atoms with van der Waals surface area (Å²) in [5.74, 6) is 0.130. The molecular formula is C20H23NO4S. The summed E-state index contributed by atoms with van der Waals surface area (Å²) in [5, 5.41) is 3.53. The van der Waals surface area contributed by atoms with Crippen molar-refractivity contribution >= 4 is 28.2 Å². The van der Waals surface area contributed by atoms with Gasteiger partial charge in [0.05, 0.1) is 26.2 Å². The molecule has 0 bridgehead atoms. The Labute approximate surface area is 157 Å². The van der Waals surface area contributed by atoms with Crippen LogP contribution in [-0.2, 0) is 28.8 Å². The van der Waals surface area contributed by atoms with E-state index in [1.165, 1.54) is 23.3 Å². The molecule has 1 heterocycles. The highest BCUT2D eigenvalue weighted by molar-refractivity contribution is 7.17. The molecule has 0 saturated heterocycles. The number of aryl methyl sites for hydroxylation is 1. The van der Waals surface area contributed by atoms with Crippen LogP contribution in [0.25, 0.3) is 0 Å². The van der Waals surface area contributed by atoms with Gasteiger partial charge in [-0.15, -0.1) is 11.3 Å². The van der Waals surface area contributed by atoms with Gasteiger partial charge in [-0.25, -0.2) is 4.79 Å². The molecule has 5 nitrogen and oxygen atoms in total. The molecule has 1 aromatic carbocycles. The number of hydrogen-bond acceptors (Lipinski definition) is 5. The third kappa shape index (κ3) is 3.90. The second-order valence-corrected chi connectivity index (χ2v) is 7.40. The summed E-state index contributed by atoms with van der Waals surface area (Å²) in [4.78, 5) is 26.1. The van der Waals surface area contributed by atoms with E-state index < -0.39 is 0 Å². The van der Waals surface area contributed by atoms with Gasteiger partial charge in [-0.3, -0.25) is 4.79 Å². The average molecular weight is 373 g/mol. The zero-order chi connectivity index (χ0) is 18.5. The second kappa shape index (κ2) is 8.36. The number of para-hydroxylation sites is 1. The fourth-order valence-electron chi connectivity index (χ4n) is 3.34. The minimum absolute atomic E-state index is 0.170. The lowest BCUT2D eigenvalue weighted by atomic mass is 10.1. The van der Waals surface area contributed by atoms with Gasteiger partial charge < -0.3 is 14.8 Å². The van der Waals surface area contributed by atoms with Gasteiger partial charge in [-0.2, -0.15) is 0 Å². The molecule has 138 valence electrons. The molecule has 1 aliphatic carbocycles. The Kier molecular flexibility index (Phi) is 5.93. The number of carbonyl (C=O) groups excluding carboxylic acids is 2. The van der Waals surface area contributed by atoms with E-state index in [2.05, 4.69) is 5.32 Å². The van der Waals surface area contributed by atoms with Crippen LogP contribution in [0.2, 0.25) is 0 Å². The molecule has 2 aromatic rings. The molecule has 0 fully saturated rings. The van der Waals surface area contributed by atoms with Crippen molar-refractivity contribution in [1.82, 2.24) is 0 Å². The summed E-state index contributed by atoms with van der Waals surface area (Å²) in [6.07, 6.45) is 5.33. The van der Waals surface area contributed by atoms with Gasteiger partial charge in [0.1, 0.15) is 10.8 Å². The summed E-state index contributed by atoms with van der Waals surface area (Å²) in [6, 6.07) is 7.43. The molecule has 3 rings (SSSR count). The number of rotatable bonds is 5. The molecule has 1 aromatic heterocycles. The van der Waals surface area contributed by atoms with Crippen LogP contribution in [0, 0.1) is 0 Å². The van der Waals surface area contributed by atoms with Crippen LogP contribution in [0.15, 0.2) is 24.3 Å². The van der Waals surface area contributed by atoms with Gasteiger partial charge in [0, 0.05) is 10.4 Å². The summed E-state index contributed by atoms with van der Waals surface area (Å²) >= 11 is 1.50. The van der Waals surface area contributed by atoms with E-state index in [4.69, 9.17) is 9.47 Å². The van der Waals surface area contributed by atoms with Crippen LogP contribution in [0.5, 0.6) is 5.75 Å². The number of anilines is 1. The first-order valence-corrected chi connectivity index (χ1v) is 9.60. The minimum Gasteiger partial charge on any atom is -0.496 e. The molecular weight excluding hydrogens is 350 g/mol. The number of amides is 1. The van der Waals surface area contributed by atoms with E-state index in [-0.39, 0.29) is 18.3 Å². The van der Waals surface area contributed by atoms with Crippen LogP contribution in [-0.4, -0.2) is 26.1 Å². The Bertz CT molecular complexity index is 812. The molecule has 0 spiro atoms. The van der Waals surface area contributed by atoms with Gasteiger partial charge in [0.25, 0.3) is 0 Å². The summed E-state index contributed by atoms with van der Waals surface area (Å²) < 4.78 is 10.3. The number of fused-ring (bicyclic) bond motifs is 1. The SMILES string of the molecule is COC(=O)c1c(NC(=O)Cc2ccccc2OC)sc2c1CCCCC2. The maximum atomic E-state index is 12.6. The fourth-order valence-corrected chi connectivity index (χ4v) is 4.64. The number of thiophene rings is 1. The van der Waals surface area contributed by atoms with Crippen molar-refractivity contribution in [3.05, 3.63) is 45.8 Å². The largest absolute Gasteiger partial charge is 0.496 e. The fraction of sp³-hybridized carbons (Fsp3) is 0.400. The summed E-state index contributed by atoms with van der Waals surface area (Å²) in [5.41, 5.74) is 2.39. The lowest BCUT2D eigenvalue weighted by Crippen LogP contribution is -2.17. The summed E-state index contributed by atoms with van der Waals surface area (Å²) in [7, 11) is 2.96. The zero-order valence-corrected chi connectivity index (χ0v) is 15.9. The minimum atomic E-state index is -0.378. The average Bonchev–Trinajstić information content (AvgIpc) is 2.82. The van der Waals surface area contributed by atoms with Crippen LogP contribution >= 0.6 is 11.3 Å². The molecule has 0 unspecified atom stereocenters. The van der Waals surface area contributed by atoms with E-state index in [0.717, 1.165) is 43.2 Å². The van der Waals surface area contributed by atoms with Crippen molar-refractivity contribution in [1.29, 1.82) is 0 Å². The Balaban J connectivity index is 1.84. The standard InChI is InChI=1S/C20H23NO4S/c1-24-15-10-7-6-8-13(15)12-17(22)21-19-18(20(23)25-2)14-9-4-3-5-11-16(14)26-19/h6-8,10H,3-5,9,11-12H2,1-2H3,(H,21,22). The number of esters is 1. The first kappa shape index (κ1) is 18.5. The predicted molar refractivity (Wildman–Crippen MR) is 102 cm³/mol. The molecule has 0 saturated carbocycles.